The lowest BCUT2D eigenvalue weighted by atomic mass is 10.2. The summed E-state index contributed by atoms with van der Waals surface area (Å²) in [5, 5.41) is 14.0. The van der Waals surface area contributed by atoms with E-state index in [1.54, 1.807) is 43.3 Å². The minimum Gasteiger partial charge on any atom is -0.492 e. The normalized spacial score (nSPS) is 10.5. The summed E-state index contributed by atoms with van der Waals surface area (Å²) in [6.45, 7) is 3.88. The maximum atomic E-state index is 12.5. The van der Waals surface area contributed by atoms with Crippen molar-refractivity contribution in [3.8, 4) is 5.75 Å². The summed E-state index contributed by atoms with van der Waals surface area (Å²) in [5.74, 6) is -0.244. The minimum absolute atomic E-state index is 0.0913. The maximum absolute atomic E-state index is 12.5. The third-order valence-corrected chi connectivity index (χ3v) is 4.51. The number of carbonyl (C=O) groups is 2. The molecule has 0 unspecified atom stereocenters. The minimum atomic E-state index is -0.487. The summed E-state index contributed by atoms with van der Waals surface area (Å²) >= 11 is 11.9. The molecule has 2 N–H and O–H groups in total. The highest BCUT2D eigenvalue weighted by Gasteiger charge is 2.19. The van der Waals surface area contributed by atoms with Crippen molar-refractivity contribution >= 4 is 46.4 Å². The fourth-order valence-electron chi connectivity index (χ4n) is 2.71. The van der Waals surface area contributed by atoms with Crippen LogP contribution in [-0.2, 0) is 11.3 Å². The first-order chi connectivity index (χ1) is 14.4. The summed E-state index contributed by atoms with van der Waals surface area (Å²) in [4.78, 5) is 25.0. The first-order valence-corrected chi connectivity index (χ1v) is 9.82. The highest BCUT2D eigenvalue weighted by atomic mass is 35.5. The molecule has 1 heterocycles. The molecule has 0 spiro atoms. The number of hydrogen-bond donors (Lipinski definition) is 2. The number of hydrogen-bond acceptors (Lipinski definition) is 5. The van der Waals surface area contributed by atoms with Crippen LogP contribution in [0.3, 0.4) is 0 Å². The summed E-state index contributed by atoms with van der Waals surface area (Å²) in [6, 6.07) is 11.8. The second kappa shape index (κ2) is 9.60. The van der Waals surface area contributed by atoms with Crippen molar-refractivity contribution in [3.63, 3.8) is 0 Å². The molecule has 0 aliphatic carbocycles. The number of anilines is 2. The van der Waals surface area contributed by atoms with E-state index in [2.05, 4.69) is 20.9 Å². The van der Waals surface area contributed by atoms with E-state index in [-0.39, 0.29) is 18.1 Å². The van der Waals surface area contributed by atoms with E-state index in [0.29, 0.717) is 39.5 Å². The van der Waals surface area contributed by atoms with Gasteiger partial charge in [0, 0.05) is 15.7 Å². The van der Waals surface area contributed by atoms with Gasteiger partial charge in [0.15, 0.2) is 5.69 Å². The summed E-state index contributed by atoms with van der Waals surface area (Å²) in [5.41, 5.74) is 1.51. The van der Waals surface area contributed by atoms with E-state index in [1.165, 1.54) is 4.68 Å². The molecule has 0 atom stereocenters. The number of carbonyl (C=O) groups excluding carboxylic acids is 2. The van der Waals surface area contributed by atoms with Crippen LogP contribution in [0.1, 0.15) is 23.1 Å². The quantitative estimate of drug-likeness (QED) is 0.565. The van der Waals surface area contributed by atoms with Gasteiger partial charge in [-0.1, -0.05) is 40.5 Å². The summed E-state index contributed by atoms with van der Waals surface area (Å²) in [7, 11) is 0. The Bertz CT molecular complexity index is 1060. The summed E-state index contributed by atoms with van der Waals surface area (Å²) in [6.07, 6.45) is 0. The number of nitrogens with one attached hydrogen (secondary N) is 2. The molecule has 0 saturated heterocycles. The van der Waals surface area contributed by atoms with Crippen molar-refractivity contribution in [1.82, 2.24) is 15.0 Å². The average Bonchev–Trinajstić information content (AvgIpc) is 3.03. The standard InChI is InChI=1S/C20H19Cl2N5O3/c1-3-30-17-7-5-4-6-16(17)24-18(28)11-27-12(2)19(25-26-27)20(29)23-15-9-13(21)8-14(22)10-15/h4-10H,3,11H2,1-2H3,(H,23,29)(H,24,28). The van der Waals surface area contributed by atoms with Crippen molar-refractivity contribution in [2.45, 2.75) is 20.4 Å². The number of ether oxygens (including phenoxy) is 1. The molecular weight excluding hydrogens is 429 g/mol. The lowest BCUT2D eigenvalue weighted by molar-refractivity contribution is -0.117. The highest BCUT2D eigenvalue weighted by molar-refractivity contribution is 6.35. The van der Waals surface area contributed by atoms with Crippen molar-refractivity contribution < 1.29 is 14.3 Å². The fraction of sp³-hybridized carbons (Fsp3) is 0.200. The van der Waals surface area contributed by atoms with Crippen molar-refractivity contribution in [3.05, 3.63) is 63.9 Å². The molecule has 0 fully saturated rings. The largest absolute Gasteiger partial charge is 0.492 e. The molecular formula is C20H19Cl2N5O3. The van der Waals surface area contributed by atoms with Crippen LogP contribution in [0.5, 0.6) is 5.75 Å². The molecule has 2 aromatic carbocycles. The molecule has 8 nitrogen and oxygen atoms in total. The van der Waals surface area contributed by atoms with Crippen molar-refractivity contribution in [2.24, 2.45) is 0 Å². The van der Waals surface area contributed by atoms with Gasteiger partial charge < -0.3 is 15.4 Å². The SMILES string of the molecule is CCOc1ccccc1NC(=O)Cn1nnc(C(=O)Nc2cc(Cl)cc(Cl)c2)c1C. The smallest absolute Gasteiger partial charge is 0.278 e. The van der Waals surface area contributed by atoms with Crippen LogP contribution in [0.4, 0.5) is 11.4 Å². The van der Waals surface area contributed by atoms with Crippen molar-refractivity contribution in [1.29, 1.82) is 0 Å². The van der Waals surface area contributed by atoms with E-state index >= 15 is 0 Å². The third-order valence-electron chi connectivity index (χ3n) is 4.07. The molecule has 0 bridgehead atoms. The lowest BCUT2D eigenvalue weighted by Crippen LogP contribution is -2.21. The van der Waals surface area contributed by atoms with Crippen molar-refractivity contribution in [2.75, 3.05) is 17.2 Å². The first-order valence-electron chi connectivity index (χ1n) is 9.06. The molecule has 30 heavy (non-hydrogen) atoms. The number of rotatable bonds is 7. The molecule has 0 radical (unpaired) electrons. The third kappa shape index (κ3) is 5.28. The van der Waals surface area contributed by atoms with E-state index in [4.69, 9.17) is 27.9 Å². The van der Waals surface area contributed by atoms with Gasteiger partial charge in [-0.05, 0) is 44.2 Å². The van der Waals surface area contributed by atoms with Gasteiger partial charge in [-0.3, -0.25) is 9.59 Å². The molecule has 3 aromatic rings. The van der Waals surface area contributed by atoms with Gasteiger partial charge in [-0.25, -0.2) is 4.68 Å². The van der Waals surface area contributed by atoms with E-state index in [9.17, 15) is 9.59 Å². The van der Waals surface area contributed by atoms with Gasteiger partial charge in [0.25, 0.3) is 5.91 Å². The molecule has 156 valence electrons. The molecule has 2 amide bonds. The number of halogens is 2. The monoisotopic (exact) mass is 447 g/mol. The highest BCUT2D eigenvalue weighted by Crippen LogP contribution is 2.24. The topological polar surface area (TPSA) is 98.1 Å². The molecule has 10 heteroatoms. The molecule has 0 aliphatic rings. The fourth-order valence-corrected chi connectivity index (χ4v) is 3.24. The van der Waals surface area contributed by atoms with Gasteiger partial charge in [0.1, 0.15) is 12.3 Å². The Morgan fingerprint density at radius 3 is 2.50 bits per heavy atom. The number of para-hydroxylation sites is 2. The lowest BCUT2D eigenvalue weighted by Gasteiger charge is -2.11. The Kier molecular flexibility index (Phi) is 6.91. The van der Waals surface area contributed by atoms with Gasteiger partial charge >= 0.3 is 0 Å². The van der Waals surface area contributed by atoms with Gasteiger partial charge in [0.2, 0.25) is 5.91 Å². The van der Waals surface area contributed by atoms with Crippen LogP contribution in [0.2, 0.25) is 10.0 Å². The number of nitrogens with zero attached hydrogens (tertiary/aromatic N) is 3. The molecule has 0 aliphatic heterocycles. The zero-order chi connectivity index (χ0) is 21.7. The van der Waals surface area contributed by atoms with Gasteiger partial charge in [-0.15, -0.1) is 5.10 Å². The van der Waals surface area contributed by atoms with Crippen LogP contribution in [0, 0.1) is 6.92 Å². The van der Waals surface area contributed by atoms with Crippen LogP contribution in [0.25, 0.3) is 0 Å². The Balaban J connectivity index is 1.69. The maximum Gasteiger partial charge on any atom is 0.278 e. The van der Waals surface area contributed by atoms with E-state index in [0.717, 1.165) is 0 Å². The van der Waals surface area contributed by atoms with Gasteiger partial charge in [0.05, 0.1) is 18.0 Å². The Morgan fingerprint density at radius 1 is 1.10 bits per heavy atom. The second-order valence-corrected chi connectivity index (χ2v) is 7.14. The Labute approximate surface area is 183 Å². The number of aromatic nitrogens is 3. The number of benzene rings is 2. The number of amides is 2. The van der Waals surface area contributed by atoms with Crippen LogP contribution >= 0.6 is 23.2 Å². The zero-order valence-corrected chi connectivity index (χ0v) is 17.8. The molecule has 0 saturated carbocycles. The molecule has 3 rings (SSSR count). The zero-order valence-electron chi connectivity index (χ0n) is 16.3. The summed E-state index contributed by atoms with van der Waals surface area (Å²) < 4.78 is 6.85. The predicted molar refractivity (Wildman–Crippen MR) is 115 cm³/mol. The predicted octanol–water partition coefficient (Wildman–Crippen LogP) is 4.18. The van der Waals surface area contributed by atoms with Crippen LogP contribution in [-0.4, -0.2) is 33.4 Å². The van der Waals surface area contributed by atoms with Gasteiger partial charge in [-0.2, -0.15) is 0 Å². The Morgan fingerprint density at radius 2 is 1.80 bits per heavy atom. The first kappa shape index (κ1) is 21.6. The molecule has 1 aromatic heterocycles. The van der Waals surface area contributed by atoms with E-state index in [1.807, 2.05) is 13.0 Å². The Hall–Kier alpha value is -3.10. The second-order valence-electron chi connectivity index (χ2n) is 6.27. The van der Waals surface area contributed by atoms with Crippen LogP contribution in [0.15, 0.2) is 42.5 Å². The van der Waals surface area contributed by atoms with E-state index < -0.39 is 5.91 Å². The van der Waals surface area contributed by atoms with Crippen LogP contribution < -0.4 is 15.4 Å². The average molecular weight is 448 g/mol.